The second-order valence-corrected chi connectivity index (χ2v) is 24.4. The summed E-state index contributed by atoms with van der Waals surface area (Å²) in [4.78, 5) is 16.5. The van der Waals surface area contributed by atoms with E-state index in [1.54, 1.807) is 4.90 Å². The molecule has 3 heterocycles. The first-order valence-electron chi connectivity index (χ1n) is 33.2. The van der Waals surface area contributed by atoms with Gasteiger partial charge in [-0.3, -0.25) is 4.90 Å². The maximum absolute atomic E-state index is 14.9. The average Bonchev–Trinajstić information content (AvgIpc) is 1.07. The molecule has 13 atom stereocenters. The number of ether oxygens (including phenoxy) is 13. The first-order valence-corrected chi connectivity index (χ1v) is 33.2. The molecule has 0 aromatic heterocycles. The van der Waals surface area contributed by atoms with Crippen LogP contribution in [0, 0.1) is 0 Å². The van der Waals surface area contributed by atoms with Gasteiger partial charge in [-0.25, -0.2) is 4.79 Å². The standard InChI is InChI=1S/C81H85NO14/c1-59-72(87-51-63-35-17-5-18-36-63)75(88-52-64-37-19-6-20-38-64)77(90-54-66-41-23-8-24-42-66)79(93-59)96-74-71(58-85-49-61-31-13-3-14-32-61)94-80(78(91-55-67-43-25-9-26-44-67)76(74)89-53-65-39-21-7-22-40-65)95-73-69(57-84-48-60-29-11-2-12-30-60)82(81(83)92-56-68-45-27-10-28-46-68)47-70(73)86-50-62-33-15-4-16-34-62/h2-46,59,69-80H,47-58H2,1H3/t59-,69-,70+,71-,72-,73-,74-,75+,76+,77-,78-,79-,80-/m1/s1. The maximum atomic E-state index is 14.9. The molecule has 9 aromatic carbocycles. The highest BCUT2D eigenvalue weighted by Gasteiger charge is 2.56. The number of hydrogen-bond donors (Lipinski definition) is 0. The summed E-state index contributed by atoms with van der Waals surface area (Å²) < 4.78 is 92.5. The molecule has 3 saturated heterocycles. The number of hydrogen-bond acceptors (Lipinski definition) is 14. The molecule has 0 aliphatic carbocycles. The van der Waals surface area contributed by atoms with Crippen molar-refractivity contribution in [1.29, 1.82) is 0 Å². The number of rotatable bonds is 32. The van der Waals surface area contributed by atoms with Gasteiger partial charge in [0.2, 0.25) is 0 Å². The third-order valence-electron chi connectivity index (χ3n) is 17.4. The van der Waals surface area contributed by atoms with Gasteiger partial charge in [0.25, 0.3) is 0 Å². The molecule has 498 valence electrons. The van der Waals surface area contributed by atoms with Crippen LogP contribution in [0.5, 0.6) is 0 Å². The Balaban J connectivity index is 0.946. The Kier molecular flexibility index (Phi) is 25.2. The zero-order chi connectivity index (χ0) is 65.4. The molecule has 3 aliphatic heterocycles. The SMILES string of the molecule is C[C@H]1O[C@H](O[C@H]2[C@H](OCc3ccccc3)[C@@H](OCc3ccccc3)[C@@H](O[C@H]3[C@@H](OCc4ccccc4)CN(C(=O)OCc4ccccc4)[C@@H]3COCc3ccccc3)O[C@@H]2COCc2ccccc2)[C@H](OCc2ccccc2)[C@@H](OCc2ccccc2)[C@@H]1OCc1ccccc1. The second-order valence-electron chi connectivity index (χ2n) is 24.4. The first-order chi connectivity index (χ1) is 47.4. The summed E-state index contributed by atoms with van der Waals surface area (Å²) in [6.07, 6.45) is -11.5. The number of carbonyl (C=O) groups excluding carboxylic acids is 1. The van der Waals surface area contributed by atoms with Gasteiger partial charge in [-0.15, -0.1) is 0 Å². The topological polar surface area (TPSA) is 140 Å². The lowest BCUT2D eigenvalue weighted by Gasteiger charge is -2.50. The number of benzene rings is 9. The molecule has 0 N–H and O–H groups in total. The van der Waals surface area contributed by atoms with E-state index in [9.17, 15) is 4.79 Å². The van der Waals surface area contributed by atoms with Crippen LogP contribution in [-0.2, 0) is 121 Å². The lowest BCUT2D eigenvalue weighted by Crippen LogP contribution is -2.66. The molecule has 9 aromatic rings. The summed E-state index contributed by atoms with van der Waals surface area (Å²) in [6, 6.07) is 88.7. The van der Waals surface area contributed by atoms with Crippen molar-refractivity contribution in [2.75, 3.05) is 19.8 Å². The van der Waals surface area contributed by atoms with Crippen LogP contribution in [0.4, 0.5) is 4.79 Å². The molecule has 0 unspecified atom stereocenters. The summed E-state index contributed by atoms with van der Waals surface area (Å²) in [5.41, 5.74) is 8.41. The van der Waals surface area contributed by atoms with Gasteiger partial charge in [0.15, 0.2) is 12.6 Å². The van der Waals surface area contributed by atoms with Crippen LogP contribution in [0.1, 0.15) is 57.0 Å². The van der Waals surface area contributed by atoms with Gasteiger partial charge in [-0.1, -0.05) is 273 Å². The maximum Gasteiger partial charge on any atom is 0.410 e. The fourth-order valence-electron chi connectivity index (χ4n) is 12.4. The Hall–Kier alpha value is -8.23. The van der Waals surface area contributed by atoms with Gasteiger partial charge < -0.3 is 61.6 Å². The molecule has 0 radical (unpaired) electrons. The number of carbonyl (C=O) groups is 1. The monoisotopic (exact) mass is 1300 g/mol. The predicted octanol–water partition coefficient (Wildman–Crippen LogP) is 14.2. The lowest BCUT2D eigenvalue weighted by atomic mass is 9.95. The summed E-state index contributed by atoms with van der Waals surface area (Å²) >= 11 is 0. The van der Waals surface area contributed by atoms with E-state index < -0.39 is 85.8 Å². The third kappa shape index (κ3) is 19.3. The normalized spacial score (nSPS) is 24.1. The molecular weight excluding hydrogens is 1210 g/mol. The van der Waals surface area contributed by atoms with Crippen LogP contribution >= 0.6 is 0 Å². The van der Waals surface area contributed by atoms with Crippen molar-refractivity contribution >= 4 is 6.09 Å². The van der Waals surface area contributed by atoms with E-state index in [2.05, 4.69) is 0 Å². The average molecular weight is 1300 g/mol. The quantitative estimate of drug-likeness (QED) is 0.0395. The largest absolute Gasteiger partial charge is 0.445 e. The summed E-state index contributed by atoms with van der Waals surface area (Å²) in [7, 11) is 0. The van der Waals surface area contributed by atoms with E-state index in [0.717, 1.165) is 50.1 Å². The van der Waals surface area contributed by atoms with Crippen molar-refractivity contribution in [3.63, 3.8) is 0 Å². The summed E-state index contributed by atoms with van der Waals surface area (Å²) in [5.74, 6) is 0. The minimum absolute atomic E-state index is 0.00919. The molecular formula is C81H85NO14. The van der Waals surface area contributed by atoms with E-state index in [4.69, 9.17) is 61.6 Å². The highest BCUT2D eigenvalue weighted by molar-refractivity contribution is 5.69. The van der Waals surface area contributed by atoms with Crippen LogP contribution in [-0.4, -0.2) is 110 Å². The minimum atomic E-state index is -1.24. The van der Waals surface area contributed by atoms with Gasteiger partial charge in [0.1, 0.15) is 61.5 Å². The Morgan fingerprint density at radius 3 is 1.03 bits per heavy atom. The zero-order valence-corrected chi connectivity index (χ0v) is 54.1. The Bertz CT molecular complexity index is 3630. The Morgan fingerprint density at radius 1 is 0.333 bits per heavy atom. The smallest absolute Gasteiger partial charge is 0.410 e. The molecule has 15 heteroatoms. The number of amides is 1. The predicted molar refractivity (Wildman–Crippen MR) is 362 cm³/mol. The Morgan fingerprint density at radius 2 is 0.635 bits per heavy atom. The summed E-state index contributed by atoms with van der Waals surface area (Å²) in [6.45, 7) is 3.88. The van der Waals surface area contributed by atoms with E-state index in [1.807, 2.05) is 280 Å². The first kappa shape index (κ1) is 67.7. The highest BCUT2D eigenvalue weighted by Crippen LogP contribution is 2.39. The Labute approximate surface area is 563 Å². The van der Waals surface area contributed by atoms with Crippen molar-refractivity contribution in [3.8, 4) is 0 Å². The van der Waals surface area contributed by atoms with E-state index in [1.165, 1.54) is 0 Å². The van der Waals surface area contributed by atoms with Crippen LogP contribution < -0.4 is 0 Å². The van der Waals surface area contributed by atoms with E-state index in [0.29, 0.717) is 6.61 Å². The molecule has 15 nitrogen and oxygen atoms in total. The number of likely N-dealkylation sites (tertiary alicyclic amines) is 1. The molecule has 1 amide bonds. The fourth-order valence-corrected chi connectivity index (χ4v) is 12.4. The van der Waals surface area contributed by atoms with Gasteiger partial charge in [-0.2, -0.15) is 0 Å². The van der Waals surface area contributed by atoms with Crippen molar-refractivity contribution in [2.45, 2.75) is 146 Å². The fraction of sp³-hybridized carbons (Fsp3) is 0.321. The van der Waals surface area contributed by atoms with Crippen LogP contribution in [0.3, 0.4) is 0 Å². The van der Waals surface area contributed by atoms with Crippen molar-refractivity contribution < 1.29 is 66.4 Å². The van der Waals surface area contributed by atoms with Gasteiger partial charge in [0, 0.05) is 0 Å². The van der Waals surface area contributed by atoms with Crippen molar-refractivity contribution in [3.05, 3.63) is 323 Å². The second kappa shape index (κ2) is 35.7. The molecule has 0 spiro atoms. The number of nitrogens with zero attached hydrogens (tertiary/aromatic N) is 1. The molecule has 0 saturated carbocycles. The minimum Gasteiger partial charge on any atom is -0.445 e. The highest BCUT2D eigenvalue weighted by atomic mass is 16.8. The van der Waals surface area contributed by atoms with Crippen LogP contribution in [0.25, 0.3) is 0 Å². The molecule has 3 aliphatic rings. The van der Waals surface area contributed by atoms with Crippen LogP contribution in [0.15, 0.2) is 273 Å². The third-order valence-corrected chi connectivity index (χ3v) is 17.4. The van der Waals surface area contributed by atoms with Gasteiger partial charge >= 0.3 is 6.09 Å². The van der Waals surface area contributed by atoms with E-state index in [-0.39, 0.29) is 72.6 Å². The lowest BCUT2D eigenvalue weighted by molar-refractivity contribution is -0.379. The van der Waals surface area contributed by atoms with E-state index >= 15 is 0 Å². The van der Waals surface area contributed by atoms with Crippen LogP contribution in [0.2, 0.25) is 0 Å². The molecule has 0 bridgehead atoms. The molecule has 12 rings (SSSR count). The molecule has 3 fully saturated rings. The molecule has 96 heavy (non-hydrogen) atoms. The summed E-state index contributed by atoms with van der Waals surface area (Å²) in [5, 5.41) is 0. The van der Waals surface area contributed by atoms with Gasteiger partial charge in [0.05, 0.1) is 84.8 Å². The van der Waals surface area contributed by atoms with Crippen molar-refractivity contribution in [1.82, 2.24) is 4.90 Å². The zero-order valence-electron chi connectivity index (χ0n) is 54.1. The van der Waals surface area contributed by atoms with Crippen molar-refractivity contribution in [2.24, 2.45) is 0 Å². The van der Waals surface area contributed by atoms with Gasteiger partial charge in [-0.05, 0) is 57.0 Å².